The van der Waals surface area contributed by atoms with Crippen molar-refractivity contribution >= 4 is 19.7 Å². The molecule has 1 saturated heterocycles. The molecule has 0 radical (unpaired) electrons. The van der Waals surface area contributed by atoms with E-state index in [2.05, 4.69) is 15.4 Å². The first-order valence-electron chi connectivity index (χ1n) is 7.61. The number of fused-ring (bicyclic) bond motifs is 1. The Bertz CT molecular complexity index is 833. The molecule has 0 amide bonds. The molecule has 1 aromatic rings. The average Bonchev–Trinajstić information content (AvgIpc) is 2.83. The quantitative estimate of drug-likeness (QED) is 0.323. The molecule has 1 aromatic heterocycles. The molecule has 0 unspecified atom stereocenters. The van der Waals surface area contributed by atoms with E-state index >= 15 is 0 Å². The van der Waals surface area contributed by atoms with Gasteiger partial charge in [0.15, 0.2) is 0 Å². The van der Waals surface area contributed by atoms with Crippen molar-refractivity contribution in [1.82, 2.24) is 15.0 Å². The first-order chi connectivity index (χ1) is 12.1. The van der Waals surface area contributed by atoms with Gasteiger partial charge in [0.2, 0.25) is 5.35 Å². The van der Waals surface area contributed by atoms with Crippen LogP contribution in [0, 0.1) is 11.2 Å². The second-order valence-corrected chi connectivity index (χ2v) is 7.80. The van der Waals surface area contributed by atoms with Gasteiger partial charge in [0, 0.05) is 6.20 Å². The number of nitrogens with zero attached hydrogens (tertiary/aromatic N) is 4. The minimum atomic E-state index is -10.7. The van der Waals surface area contributed by atoms with Crippen molar-refractivity contribution in [3.8, 4) is 0 Å². The summed E-state index contributed by atoms with van der Waals surface area (Å²) in [7, 11) is -6.73. The molecule has 3 heterocycles. The molecular weight excluding hydrogens is 405 g/mol. The third kappa shape index (κ3) is 6.79. The van der Waals surface area contributed by atoms with E-state index in [4.69, 9.17) is 4.74 Å². The van der Waals surface area contributed by atoms with Crippen LogP contribution in [0.3, 0.4) is 0 Å². The second kappa shape index (κ2) is 6.44. The van der Waals surface area contributed by atoms with E-state index in [0.29, 0.717) is 19.0 Å². The summed E-state index contributed by atoms with van der Waals surface area (Å²) in [6.45, 7) is 2.99. The maximum absolute atomic E-state index is 11.9. The number of aromatic amines is 1. The Kier molecular flexibility index (Phi) is 5.03. The fraction of sp³-hybridized carbons (Fsp3) is 0.500. The SMILES string of the molecule is CN(C)C(N1CCOCC1)=[n+]1[nH][n+]([O-])c2c1=CC=CN2.F[P-](F)(F)(F)(F)F. The van der Waals surface area contributed by atoms with Gasteiger partial charge in [0.05, 0.1) is 27.3 Å². The Morgan fingerprint density at radius 1 is 1.19 bits per heavy atom. The number of allylic oxidation sites excluding steroid dienone is 1. The molecule has 8 nitrogen and oxygen atoms in total. The van der Waals surface area contributed by atoms with E-state index in [1.165, 1.54) is 0 Å². The van der Waals surface area contributed by atoms with Gasteiger partial charge in [-0.1, -0.05) is 5.21 Å². The summed E-state index contributed by atoms with van der Waals surface area (Å²) in [4.78, 5) is 4.93. The van der Waals surface area contributed by atoms with Crippen molar-refractivity contribution < 1.29 is 39.1 Å². The van der Waals surface area contributed by atoms with Gasteiger partial charge in [-0.15, -0.1) is 4.85 Å². The predicted molar refractivity (Wildman–Crippen MR) is 85.1 cm³/mol. The Balaban J connectivity index is 0.000000321. The second-order valence-electron chi connectivity index (χ2n) is 5.89. The third-order valence-corrected chi connectivity index (χ3v) is 3.34. The normalized spacial score (nSPS) is 20.1. The molecular formula is C12H19F6N6O2P. The number of H-pyrrole nitrogens is 1. The van der Waals surface area contributed by atoms with E-state index in [1.807, 2.05) is 31.1 Å². The summed E-state index contributed by atoms with van der Waals surface area (Å²) >= 11 is 0. The third-order valence-electron chi connectivity index (χ3n) is 3.34. The van der Waals surface area contributed by atoms with Crippen molar-refractivity contribution in [1.29, 1.82) is 0 Å². The molecule has 15 heteroatoms. The molecule has 3 rings (SSSR count). The zero-order valence-electron chi connectivity index (χ0n) is 14.4. The van der Waals surface area contributed by atoms with Crippen molar-refractivity contribution in [3.05, 3.63) is 28.8 Å². The van der Waals surface area contributed by atoms with Crippen LogP contribution < -0.4 is 19.9 Å². The topological polar surface area (TPSA) is 76.4 Å². The van der Waals surface area contributed by atoms with Crippen LogP contribution >= 0.6 is 7.81 Å². The fourth-order valence-electron chi connectivity index (χ4n) is 2.50. The Morgan fingerprint density at radius 3 is 2.26 bits per heavy atom. The maximum atomic E-state index is 11.9. The number of aromatic nitrogens is 3. The van der Waals surface area contributed by atoms with E-state index < -0.39 is 7.81 Å². The molecule has 0 spiro atoms. The predicted octanol–water partition coefficient (Wildman–Crippen LogP) is 1.23. The monoisotopic (exact) mass is 424 g/mol. The molecule has 2 aliphatic heterocycles. The average molecular weight is 424 g/mol. The van der Waals surface area contributed by atoms with Crippen molar-refractivity contribution in [2.75, 3.05) is 45.7 Å². The van der Waals surface area contributed by atoms with Crippen LogP contribution in [0.4, 0.5) is 31.0 Å². The summed E-state index contributed by atoms with van der Waals surface area (Å²) in [6.07, 6.45) is 5.51. The molecule has 0 aromatic carbocycles. The summed E-state index contributed by atoms with van der Waals surface area (Å²) < 4.78 is 66.4. The van der Waals surface area contributed by atoms with Crippen molar-refractivity contribution in [2.24, 2.45) is 0 Å². The Morgan fingerprint density at radius 2 is 1.74 bits per heavy atom. The van der Waals surface area contributed by atoms with Gasteiger partial charge < -0.3 is 15.3 Å². The zero-order valence-corrected chi connectivity index (χ0v) is 15.3. The number of halogens is 6. The molecule has 1 fully saturated rings. The van der Waals surface area contributed by atoms with Gasteiger partial charge in [0.1, 0.15) is 13.1 Å². The van der Waals surface area contributed by atoms with E-state index in [0.717, 1.165) is 29.2 Å². The molecule has 156 valence electrons. The first kappa shape index (κ1) is 21.1. The van der Waals surface area contributed by atoms with Crippen LogP contribution in [0.2, 0.25) is 0 Å². The first-order valence-corrected chi connectivity index (χ1v) is 9.64. The standard InChI is InChI=1S/C12H19N6O2.F6P/c1-15(2)12(16-6-8-20-9-7-16)17-10-4-3-5-13-11(10)18(19)14-17;1-7(2,3,4,5)6/h3-5,13-14H,6-9H2,1-2H3;/q+1;-1. The molecule has 2 aliphatic rings. The number of ether oxygens (including phenoxy) is 1. The van der Waals surface area contributed by atoms with Crippen LogP contribution in [-0.4, -0.2) is 55.4 Å². The van der Waals surface area contributed by atoms with Crippen molar-refractivity contribution in [2.45, 2.75) is 0 Å². The van der Waals surface area contributed by atoms with E-state index in [-0.39, 0.29) is 0 Å². The van der Waals surface area contributed by atoms with Crippen LogP contribution in [-0.2, 0) is 4.74 Å². The summed E-state index contributed by atoms with van der Waals surface area (Å²) in [5, 5.41) is 18.5. The number of rotatable bonds is 2. The van der Waals surface area contributed by atoms with Gasteiger partial charge in [-0.3, -0.25) is 0 Å². The van der Waals surface area contributed by atoms with Gasteiger partial charge >= 0.3 is 38.9 Å². The van der Waals surface area contributed by atoms with E-state index in [9.17, 15) is 30.4 Å². The Labute approximate surface area is 149 Å². The fourth-order valence-corrected chi connectivity index (χ4v) is 2.50. The van der Waals surface area contributed by atoms with Gasteiger partial charge in [-0.25, -0.2) is 9.80 Å². The van der Waals surface area contributed by atoms with Crippen LogP contribution in [0.15, 0.2) is 12.3 Å². The molecule has 0 aliphatic carbocycles. The zero-order chi connectivity index (χ0) is 20.5. The van der Waals surface area contributed by atoms with Crippen LogP contribution in [0.1, 0.15) is 0 Å². The summed E-state index contributed by atoms with van der Waals surface area (Å²) in [5.41, 5.74) is 0. The van der Waals surface area contributed by atoms with Gasteiger partial charge in [-0.05, 0) is 16.5 Å². The number of hydrogen-bond donors (Lipinski definition) is 2. The van der Waals surface area contributed by atoms with Crippen LogP contribution in [0.5, 0.6) is 0 Å². The number of morpholine rings is 1. The molecule has 2 N–H and O–H groups in total. The molecule has 0 bridgehead atoms. The minimum absolute atomic E-state index is 0.500. The van der Waals surface area contributed by atoms with Gasteiger partial charge in [-0.2, -0.15) is 0 Å². The number of hydrogen-bond acceptors (Lipinski definition) is 5. The Hall–Kier alpha value is -2.21. The number of nitrogens with one attached hydrogen (secondary N) is 2. The number of anilines is 1. The van der Waals surface area contributed by atoms with Crippen molar-refractivity contribution in [3.63, 3.8) is 0 Å². The molecule has 27 heavy (non-hydrogen) atoms. The summed E-state index contributed by atoms with van der Waals surface area (Å²) in [5.74, 6) is 1.42. The molecule has 0 atom stereocenters. The van der Waals surface area contributed by atoms with Gasteiger partial charge in [0.25, 0.3) is 5.82 Å². The summed E-state index contributed by atoms with van der Waals surface area (Å²) in [6, 6.07) is 0. The van der Waals surface area contributed by atoms with Crippen LogP contribution in [0.25, 0.3) is 6.08 Å². The molecule has 0 saturated carbocycles. The van der Waals surface area contributed by atoms with E-state index in [1.54, 1.807) is 10.6 Å².